The van der Waals surface area contributed by atoms with E-state index in [9.17, 15) is 14.7 Å². The quantitative estimate of drug-likeness (QED) is 0.361. The fourth-order valence-corrected chi connectivity index (χ4v) is 5.70. The minimum Gasteiger partial charge on any atom is -0.386 e. The number of benzene rings is 1. The second-order valence-electron chi connectivity index (χ2n) is 10.9. The number of piperidine rings is 1. The standard InChI is InChI=1S/C29H31N7O3/c1-29(2,39)20-11-12-31-22(15-20)33-28(38)18-5-3-17(4-6-18)24-25-26(30)32-13-14-35(25)27(34-24)19-7-8-21-9-10-23(37)36(21)16-19/h3-6,11-15,19,21,39H,7-10,16H2,1-2H3,(H2,30,32)(H,31,33,38)/t19-,21+/m1/s1. The van der Waals surface area contributed by atoms with Crippen LogP contribution in [-0.2, 0) is 10.4 Å². The van der Waals surface area contributed by atoms with Crippen molar-refractivity contribution in [2.75, 3.05) is 17.6 Å². The van der Waals surface area contributed by atoms with Gasteiger partial charge in [-0.2, -0.15) is 0 Å². The Morgan fingerprint density at radius 3 is 2.67 bits per heavy atom. The van der Waals surface area contributed by atoms with E-state index in [4.69, 9.17) is 10.7 Å². The topological polar surface area (TPSA) is 139 Å². The third kappa shape index (κ3) is 4.61. The van der Waals surface area contributed by atoms with Crippen LogP contribution in [0.15, 0.2) is 55.0 Å². The first kappa shape index (κ1) is 25.0. The number of rotatable bonds is 5. The Balaban J connectivity index is 1.28. The van der Waals surface area contributed by atoms with Crippen LogP contribution in [0.3, 0.4) is 0 Å². The maximum Gasteiger partial charge on any atom is 0.256 e. The lowest BCUT2D eigenvalue weighted by Crippen LogP contribution is -2.41. The summed E-state index contributed by atoms with van der Waals surface area (Å²) in [7, 11) is 0. The summed E-state index contributed by atoms with van der Waals surface area (Å²) in [5, 5.41) is 13.1. The minimum atomic E-state index is -1.05. The van der Waals surface area contributed by atoms with E-state index in [-0.39, 0.29) is 17.7 Å². The second kappa shape index (κ2) is 9.46. The third-order valence-electron chi connectivity index (χ3n) is 7.82. The van der Waals surface area contributed by atoms with Crippen LogP contribution in [-0.4, -0.2) is 53.8 Å². The summed E-state index contributed by atoms with van der Waals surface area (Å²) in [6.45, 7) is 4.01. The lowest BCUT2D eigenvalue weighted by atomic mass is 9.92. The highest BCUT2D eigenvalue weighted by Gasteiger charge is 2.38. The predicted octanol–water partition coefficient (Wildman–Crippen LogP) is 3.72. The monoisotopic (exact) mass is 525 g/mol. The SMILES string of the molecule is CC(C)(O)c1ccnc(NC(=O)c2ccc(-c3nc([C@@H]4CC[C@H]5CCC(=O)N5C4)n4ccnc(N)c34)cc2)c1. The molecule has 2 saturated heterocycles. The number of hydrogen-bond acceptors (Lipinski definition) is 7. The number of carbonyl (C=O) groups excluding carboxylic acids is 2. The number of pyridine rings is 1. The highest BCUT2D eigenvalue weighted by molar-refractivity contribution is 6.04. The number of fused-ring (bicyclic) bond motifs is 2. The molecule has 10 nitrogen and oxygen atoms in total. The summed E-state index contributed by atoms with van der Waals surface area (Å²) >= 11 is 0. The molecule has 5 heterocycles. The van der Waals surface area contributed by atoms with Gasteiger partial charge in [0.05, 0.1) is 5.60 Å². The van der Waals surface area contributed by atoms with Gasteiger partial charge in [0.1, 0.15) is 28.7 Å². The van der Waals surface area contributed by atoms with Gasteiger partial charge in [0, 0.05) is 54.6 Å². The van der Waals surface area contributed by atoms with Crippen molar-refractivity contribution in [1.29, 1.82) is 0 Å². The van der Waals surface area contributed by atoms with Crippen LogP contribution in [0.25, 0.3) is 16.8 Å². The Bertz CT molecular complexity index is 1570. The van der Waals surface area contributed by atoms with Crippen molar-refractivity contribution >= 4 is 29.0 Å². The smallest absolute Gasteiger partial charge is 0.256 e. The molecule has 6 rings (SSSR count). The number of nitrogen functional groups attached to an aromatic ring is 1. The van der Waals surface area contributed by atoms with Crippen LogP contribution in [0, 0.1) is 0 Å². The third-order valence-corrected chi connectivity index (χ3v) is 7.82. The number of hydrogen-bond donors (Lipinski definition) is 3. The predicted molar refractivity (Wildman–Crippen MR) is 147 cm³/mol. The average Bonchev–Trinajstić information content (AvgIpc) is 3.50. The molecule has 1 aromatic carbocycles. The van der Waals surface area contributed by atoms with Gasteiger partial charge in [0.25, 0.3) is 5.91 Å². The fourth-order valence-electron chi connectivity index (χ4n) is 5.70. The van der Waals surface area contributed by atoms with E-state index >= 15 is 0 Å². The van der Waals surface area contributed by atoms with Crippen molar-refractivity contribution in [2.45, 2.75) is 57.1 Å². The van der Waals surface area contributed by atoms with Gasteiger partial charge in [0.2, 0.25) is 5.91 Å². The van der Waals surface area contributed by atoms with Crippen LogP contribution in [0.4, 0.5) is 11.6 Å². The lowest BCUT2D eigenvalue weighted by molar-refractivity contribution is -0.130. The summed E-state index contributed by atoms with van der Waals surface area (Å²) in [5.74, 6) is 1.61. The summed E-state index contributed by atoms with van der Waals surface area (Å²) < 4.78 is 1.99. The Hall–Kier alpha value is -4.31. The van der Waals surface area contributed by atoms with Crippen molar-refractivity contribution < 1.29 is 14.7 Å². The molecule has 4 N–H and O–H groups in total. The van der Waals surface area contributed by atoms with E-state index in [1.165, 1.54) is 0 Å². The number of carbonyl (C=O) groups is 2. The summed E-state index contributed by atoms with van der Waals surface area (Å²) in [5.41, 5.74) is 8.60. The molecule has 0 aliphatic carbocycles. The fraction of sp³-hybridized carbons (Fsp3) is 0.345. The molecule has 0 unspecified atom stereocenters. The van der Waals surface area contributed by atoms with Gasteiger partial charge < -0.3 is 21.1 Å². The number of anilines is 2. The first-order chi connectivity index (χ1) is 18.7. The van der Waals surface area contributed by atoms with Crippen molar-refractivity contribution in [2.24, 2.45) is 0 Å². The Kier molecular flexibility index (Phi) is 6.06. The normalized spacial score (nSPS) is 19.4. The molecule has 4 aromatic rings. The second-order valence-corrected chi connectivity index (χ2v) is 10.9. The molecule has 2 aliphatic heterocycles. The first-order valence-corrected chi connectivity index (χ1v) is 13.2. The molecular weight excluding hydrogens is 494 g/mol. The van der Waals surface area contributed by atoms with Gasteiger partial charge in [-0.25, -0.2) is 15.0 Å². The van der Waals surface area contributed by atoms with Crippen LogP contribution >= 0.6 is 0 Å². The number of nitrogens with zero attached hydrogens (tertiary/aromatic N) is 5. The number of nitrogens with two attached hydrogens (primary N) is 1. The van der Waals surface area contributed by atoms with Gasteiger partial charge in [-0.1, -0.05) is 12.1 Å². The van der Waals surface area contributed by atoms with Gasteiger partial charge >= 0.3 is 0 Å². The highest BCUT2D eigenvalue weighted by Crippen LogP contribution is 2.38. The molecular formula is C29H31N7O3. The zero-order valence-corrected chi connectivity index (χ0v) is 22.0. The molecule has 3 aromatic heterocycles. The Labute approximate surface area is 225 Å². The zero-order chi connectivity index (χ0) is 27.3. The minimum absolute atomic E-state index is 0.101. The van der Waals surface area contributed by atoms with E-state index in [1.54, 1.807) is 50.5 Å². The summed E-state index contributed by atoms with van der Waals surface area (Å²) in [6.07, 6.45) is 8.58. The lowest BCUT2D eigenvalue weighted by Gasteiger charge is -2.34. The first-order valence-electron chi connectivity index (χ1n) is 13.2. The Morgan fingerprint density at radius 1 is 1.10 bits per heavy atom. The van der Waals surface area contributed by atoms with E-state index in [0.717, 1.165) is 30.7 Å². The average molecular weight is 526 g/mol. The van der Waals surface area contributed by atoms with Crippen LogP contribution in [0.1, 0.15) is 67.2 Å². The van der Waals surface area contributed by atoms with Crippen LogP contribution < -0.4 is 11.1 Å². The molecule has 0 spiro atoms. The number of aliphatic hydroxyl groups is 1. The van der Waals surface area contributed by atoms with Gasteiger partial charge in [-0.3, -0.25) is 14.0 Å². The molecule has 200 valence electrons. The Morgan fingerprint density at radius 2 is 1.90 bits per heavy atom. The molecule has 10 heteroatoms. The molecule has 2 atom stereocenters. The van der Waals surface area contributed by atoms with E-state index in [2.05, 4.69) is 15.3 Å². The number of imidazole rings is 1. The van der Waals surface area contributed by atoms with Gasteiger partial charge in [-0.05, 0) is 62.9 Å². The molecule has 2 fully saturated rings. The van der Waals surface area contributed by atoms with Crippen LogP contribution in [0.2, 0.25) is 0 Å². The molecule has 2 amide bonds. The van der Waals surface area contributed by atoms with E-state index < -0.39 is 5.60 Å². The number of aromatic nitrogens is 4. The molecule has 0 bridgehead atoms. The summed E-state index contributed by atoms with van der Waals surface area (Å²) in [4.78, 5) is 40.9. The number of nitrogens with one attached hydrogen (secondary N) is 1. The maximum atomic E-state index is 12.9. The van der Waals surface area contributed by atoms with Crippen molar-refractivity contribution in [3.63, 3.8) is 0 Å². The maximum absolute atomic E-state index is 12.9. The van der Waals surface area contributed by atoms with E-state index in [1.807, 2.05) is 27.6 Å². The molecule has 2 aliphatic rings. The largest absolute Gasteiger partial charge is 0.386 e. The van der Waals surface area contributed by atoms with Crippen LogP contribution in [0.5, 0.6) is 0 Å². The van der Waals surface area contributed by atoms with E-state index in [0.29, 0.717) is 53.0 Å². The molecule has 39 heavy (non-hydrogen) atoms. The van der Waals surface area contributed by atoms with Gasteiger partial charge in [0.15, 0.2) is 0 Å². The van der Waals surface area contributed by atoms with Gasteiger partial charge in [-0.15, -0.1) is 0 Å². The molecule has 0 saturated carbocycles. The number of amides is 2. The molecule has 0 radical (unpaired) electrons. The summed E-state index contributed by atoms with van der Waals surface area (Å²) in [6, 6.07) is 10.9. The highest BCUT2D eigenvalue weighted by atomic mass is 16.3. The van der Waals surface area contributed by atoms with Crippen molar-refractivity contribution in [1.82, 2.24) is 24.3 Å². The zero-order valence-electron chi connectivity index (χ0n) is 22.0. The van der Waals surface area contributed by atoms with Crippen molar-refractivity contribution in [3.05, 3.63) is 71.9 Å². The van der Waals surface area contributed by atoms with Crippen molar-refractivity contribution in [3.8, 4) is 11.3 Å².